The van der Waals surface area contributed by atoms with E-state index in [1.165, 1.54) is 13.2 Å². The lowest BCUT2D eigenvalue weighted by Gasteiger charge is -2.07. The number of rotatable bonds is 8. The van der Waals surface area contributed by atoms with Crippen molar-refractivity contribution in [1.82, 2.24) is 0 Å². The summed E-state index contributed by atoms with van der Waals surface area (Å²) in [5.74, 6) is 4.99. The highest BCUT2D eigenvalue weighted by atomic mass is 35.5. The molecule has 0 fully saturated rings. The number of aliphatic carboxylic acids is 1. The Morgan fingerprint density at radius 2 is 1.86 bits per heavy atom. The smallest absolute Gasteiger partial charge is 0.341 e. The van der Waals surface area contributed by atoms with Crippen molar-refractivity contribution in [3.05, 3.63) is 58.1 Å². The minimum absolute atomic E-state index is 0.0156. The van der Waals surface area contributed by atoms with Crippen molar-refractivity contribution in [2.45, 2.75) is 18.2 Å². The zero-order valence-corrected chi connectivity index (χ0v) is 17.6. The van der Waals surface area contributed by atoms with Gasteiger partial charge in [0.2, 0.25) is 0 Å². The van der Waals surface area contributed by atoms with Gasteiger partial charge in [-0.15, -0.1) is 0 Å². The van der Waals surface area contributed by atoms with Gasteiger partial charge in [-0.3, -0.25) is 0 Å². The molecule has 0 heterocycles. The van der Waals surface area contributed by atoms with Crippen molar-refractivity contribution < 1.29 is 27.8 Å². The normalized spacial score (nSPS) is 10.9. The van der Waals surface area contributed by atoms with E-state index in [1.54, 1.807) is 30.3 Å². The highest BCUT2D eigenvalue weighted by molar-refractivity contribution is 7.91. The van der Waals surface area contributed by atoms with Crippen LogP contribution in [0.5, 0.6) is 5.75 Å². The maximum atomic E-state index is 12.5. The number of ether oxygens (including phenoxy) is 2. The number of methoxy groups -OCH3 is 1. The molecule has 0 saturated carbocycles. The second kappa shape index (κ2) is 10.3. The molecular formula is C21H21ClO6S. The zero-order valence-electron chi connectivity index (χ0n) is 16.1. The van der Waals surface area contributed by atoms with E-state index in [2.05, 4.69) is 11.8 Å². The van der Waals surface area contributed by atoms with Gasteiger partial charge in [-0.2, -0.15) is 0 Å². The summed E-state index contributed by atoms with van der Waals surface area (Å²) in [7, 11) is -1.92. The molecule has 6 nitrogen and oxygen atoms in total. The fraction of sp³-hybridized carbons (Fsp3) is 0.286. The van der Waals surface area contributed by atoms with Gasteiger partial charge in [0.05, 0.1) is 16.2 Å². The van der Waals surface area contributed by atoms with Crippen LogP contribution in [-0.2, 0) is 19.4 Å². The topological polar surface area (TPSA) is 89.9 Å². The van der Waals surface area contributed by atoms with Crippen molar-refractivity contribution in [1.29, 1.82) is 0 Å². The average molecular weight is 437 g/mol. The molecule has 0 aliphatic rings. The molecule has 0 unspecified atom stereocenters. The van der Waals surface area contributed by atoms with Crippen molar-refractivity contribution in [2.24, 2.45) is 0 Å². The Morgan fingerprint density at radius 3 is 2.55 bits per heavy atom. The number of carbonyl (C=O) groups is 1. The summed E-state index contributed by atoms with van der Waals surface area (Å²) in [6.45, 7) is 1.68. The molecule has 154 valence electrons. The molecule has 0 aromatic heterocycles. The SMILES string of the molecule is COCCCS(=O)(=O)c1ccc(C)c(C#Cc2cc(Cl)ccc2OCC(=O)O)c1. The predicted octanol–water partition coefficient (Wildman–Crippen LogP) is 3.32. The van der Waals surface area contributed by atoms with Crippen molar-refractivity contribution in [3.63, 3.8) is 0 Å². The standard InChI is InChI=1S/C21H21ClO6S/c1-15-4-8-19(29(25,26)11-3-10-27-2)13-16(15)5-6-17-12-18(22)7-9-20(17)28-14-21(23)24/h4,7-9,12-13H,3,10-11,14H2,1-2H3,(H,23,24). The number of hydrogen-bond acceptors (Lipinski definition) is 5. The van der Waals surface area contributed by atoms with E-state index in [4.69, 9.17) is 26.2 Å². The molecule has 1 N–H and O–H groups in total. The maximum Gasteiger partial charge on any atom is 0.341 e. The van der Waals surface area contributed by atoms with Crippen molar-refractivity contribution in [2.75, 3.05) is 26.1 Å². The van der Waals surface area contributed by atoms with Crippen LogP contribution < -0.4 is 4.74 Å². The van der Waals surface area contributed by atoms with E-state index in [-0.39, 0.29) is 16.4 Å². The van der Waals surface area contributed by atoms with E-state index in [9.17, 15) is 13.2 Å². The summed E-state index contributed by atoms with van der Waals surface area (Å²) >= 11 is 6.01. The molecule has 29 heavy (non-hydrogen) atoms. The number of hydrogen-bond donors (Lipinski definition) is 1. The van der Waals surface area contributed by atoms with Gasteiger partial charge >= 0.3 is 5.97 Å². The highest BCUT2D eigenvalue weighted by Gasteiger charge is 2.15. The van der Waals surface area contributed by atoms with Gasteiger partial charge in [0.15, 0.2) is 16.4 Å². The lowest BCUT2D eigenvalue weighted by molar-refractivity contribution is -0.139. The lowest BCUT2D eigenvalue weighted by Crippen LogP contribution is -2.10. The molecule has 0 aliphatic carbocycles. The molecule has 0 radical (unpaired) electrons. The number of halogens is 1. The van der Waals surface area contributed by atoms with Crippen LogP contribution in [-0.4, -0.2) is 45.6 Å². The fourth-order valence-electron chi connectivity index (χ4n) is 2.44. The van der Waals surface area contributed by atoms with Crippen LogP contribution in [0.25, 0.3) is 0 Å². The monoisotopic (exact) mass is 436 g/mol. The van der Waals surface area contributed by atoms with E-state index in [0.717, 1.165) is 5.56 Å². The van der Waals surface area contributed by atoms with E-state index < -0.39 is 22.4 Å². The van der Waals surface area contributed by atoms with Gasteiger partial charge in [0.1, 0.15) is 5.75 Å². The molecule has 0 amide bonds. The van der Waals surface area contributed by atoms with Crippen LogP contribution in [0, 0.1) is 18.8 Å². The lowest BCUT2D eigenvalue weighted by atomic mass is 10.1. The Balaban J connectivity index is 2.36. The minimum Gasteiger partial charge on any atom is -0.481 e. The van der Waals surface area contributed by atoms with Crippen LogP contribution >= 0.6 is 11.6 Å². The Hall–Kier alpha value is -2.53. The summed E-state index contributed by atoms with van der Waals surface area (Å²) < 4.78 is 35.1. The van der Waals surface area contributed by atoms with Crippen LogP contribution in [0.15, 0.2) is 41.3 Å². The number of aryl methyl sites for hydroxylation is 1. The molecular weight excluding hydrogens is 416 g/mol. The first-order chi connectivity index (χ1) is 13.7. The third-order valence-electron chi connectivity index (χ3n) is 3.95. The molecule has 2 aromatic carbocycles. The second-order valence-electron chi connectivity index (χ2n) is 6.21. The molecule has 0 atom stereocenters. The molecule has 8 heteroatoms. The fourth-order valence-corrected chi connectivity index (χ4v) is 3.92. The van der Waals surface area contributed by atoms with Gasteiger partial charge in [0.25, 0.3) is 0 Å². The Bertz CT molecular complexity index is 1050. The number of benzene rings is 2. The summed E-state index contributed by atoms with van der Waals surface area (Å²) in [5.41, 5.74) is 1.76. The Morgan fingerprint density at radius 1 is 1.14 bits per heavy atom. The zero-order chi connectivity index (χ0) is 21.4. The van der Waals surface area contributed by atoms with Crippen LogP contribution in [0.3, 0.4) is 0 Å². The molecule has 2 rings (SSSR count). The number of sulfone groups is 1. The predicted molar refractivity (Wildman–Crippen MR) is 110 cm³/mol. The first kappa shape index (κ1) is 22.8. The summed E-state index contributed by atoms with van der Waals surface area (Å²) in [5, 5.41) is 9.22. The first-order valence-electron chi connectivity index (χ1n) is 8.71. The van der Waals surface area contributed by atoms with Crippen molar-refractivity contribution in [3.8, 4) is 17.6 Å². The summed E-state index contributed by atoms with van der Waals surface area (Å²) in [6, 6.07) is 9.47. The van der Waals surface area contributed by atoms with Gasteiger partial charge in [0, 0.05) is 24.3 Å². The summed E-state index contributed by atoms with van der Waals surface area (Å²) in [4.78, 5) is 10.9. The van der Waals surface area contributed by atoms with Gasteiger partial charge in [-0.05, 0) is 49.2 Å². The van der Waals surface area contributed by atoms with Gasteiger partial charge < -0.3 is 14.6 Å². The van der Waals surface area contributed by atoms with E-state index >= 15 is 0 Å². The molecule has 2 aromatic rings. The van der Waals surface area contributed by atoms with Crippen molar-refractivity contribution >= 4 is 27.4 Å². The molecule has 0 bridgehead atoms. The molecule has 0 spiro atoms. The van der Waals surface area contributed by atoms with Gasteiger partial charge in [-0.25, -0.2) is 13.2 Å². The quantitative estimate of drug-likeness (QED) is 0.504. The first-order valence-corrected chi connectivity index (χ1v) is 10.7. The summed E-state index contributed by atoms with van der Waals surface area (Å²) in [6.07, 6.45) is 0.403. The van der Waals surface area contributed by atoms with E-state index in [0.29, 0.717) is 29.2 Å². The van der Waals surface area contributed by atoms with Gasteiger partial charge in [-0.1, -0.05) is 29.5 Å². The largest absolute Gasteiger partial charge is 0.481 e. The average Bonchev–Trinajstić information content (AvgIpc) is 2.66. The van der Waals surface area contributed by atoms with Crippen LogP contribution in [0.2, 0.25) is 5.02 Å². The number of carboxylic acid groups (broad SMARTS) is 1. The van der Waals surface area contributed by atoms with Crippen LogP contribution in [0.1, 0.15) is 23.1 Å². The molecule has 0 aliphatic heterocycles. The minimum atomic E-state index is -3.45. The Labute approximate surface area is 175 Å². The van der Waals surface area contributed by atoms with Crippen LogP contribution in [0.4, 0.5) is 0 Å². The second-order valence-corrected chi connectivity index (χ2v) is 8.76. The maximum absolute atomic E-state index is 12.5. The van der Waals surface area contributed by atoms with E-state index in [1.807, 2.05) is 6.92 Å². The third kappa shape index (κ3) is 6.79. The Kier molecular flexibility index (Phi) is 8.09. The highest BCUT2D eigenvalue weighted by Crippen LogP contribution is 2.23. The third-order valence-corrected chi connectivity index (χ3v) is 5.99. The molecule has 0 saturated heterocycles. The number of carboxylic acids is 1.